The van der Waals surface area contributed by atoms with Crippen LogP contribution >= 0.6 is 23.1 Å². The molecule has 0 radical (unpaired) electrons. The van der Waals surface area contributed by atoms with Crippen molar-refractivity contribution in [3.63, 3.8) is 0 Å². The van der Waals surface area contributed by atoms with Gasteiger partial charge in [0, 0.05) is 18.4 Å². The topological polar surface area (TPSA) is 50.9 Å². The molecule has 0 aliphatic heterocycles. The number of nitrogens with zero attached hydrogens (tertiary/aromatic N) is 3. The highest BCUT2D eigenvalue weighted by atomic mass is 32.2. The van der Waals surface area contributed by atoms with Crippen LogP contribution in [0.3, 0.4) is 0 Å². The minimum Gasteiger partial charge on any atom is -0.396 e. The van der Waals surface area contributed by atoms with E-state index in [1.54, 1.807) is 23.1 Å². The molecule has 1 aliphatic carbocycles. The monoisotopic (exact) mass is 309 g/mol. The summed E-state index contributed by atoms with van der Waals surface area (Å²) in [5.41, 5.74) is 0. The van der Waals surface area contributed by atoms with E-state index in [1.807, 2.05) is 0 Å². The highest BCUT2D eigenvalue weighted by Crippen LogP contribution is 2.41. The Morgan fingerprint density at radius 1 is 1.30 bits per heavy atom. The Balaban J connectivity index is 1.68. The average molecular weight is 309 g/mol. The van der Waals surface area contributed by atoms with E-state index >= 15 is 0 Å². The van der Waals surface area contributed by atoms with E-state index in [1.165, 1.54) is 17.7 Å². The fraction of sp³-hybridized carbons (Fsp3) is 0.571. The molecule has 0 bridgehead atoms. The Kier molecular flexibility index (Phi) is 4.75. The van der Waals surface area contributed by atoms with Gasteiger partial charge in [0.1, 0.15) is 0 Å². The highest BCUT2D eigenvalue weighted by molar-refractivity contribution is 7.99. The molecule has 0 saturated heterocycles. The first kappa shape index (κ1) is 14.1. The second kappa shape index (κ2) is 6.74. The Hall–Kier alpha value is -0.850. The third kappa shape index (κ3) is 3.24. The van der Waals surface area contributed by atoms with Crippen molar-refractivity contribution in [1.82, 2.24) is 14.8 Å². The van der Waals surface area contributed by atoms with Crippen LogP contribution in [-0.4, -0.2) is 32.2 Å². The number of hydrogen-bond donors (Lipinski definition) is 1. The van der Waals surface area contributed by atoms with Crippen molar-refractivity contribution < 1.29 is 5.11 Å². The van der Waals surface area contributed by atoms with Crippen molar-refractivity contribution in [3.8, 4) is 10.7 Å². The van der Waals surface area contributed by atoms with Crippen LogP contribution < -0.4 is 0 Å². The van der Waals surface area contributed by atoms with E-state index < -0.39 is 0 Å². The lowest BCUT2D eigenvalue weighted by molar-refractivity contribution is 0.284. The van der Waals surface area contributed by atoms with Crippen LogP contribution in [0.2, 0.25) is 0 Å². The van der Waals surface area contributed by atoms with Gasteiger partial charge >= 0.3 is 0 Å². The Morgan fingerprint density at radius 3 is 2.90 bits per heavy atom. The highest BCUT2D eigenvalue weighted by Gasteiger charge is 2.30. The van der Waals surface area contributed by atoms with Crippen molar-refractivity contribution >= 4 is 23.1 Å². The Morgan fingerprint density at radius 2 is 2.20 bits per heavy atom. The lowest BCUT2D eigenvalue weighted by Gasteiger charge is -2.07. The first-order valence-corrected chi connectivity index (χ1v) is 8.99. The molecule has 0 aromatic carbocycles. The van der Waals surface area contributed by atoms with Gasteiger partial charge in [0.25, 0.3) is 0 Å². The molecule has 1 saturated carbocycles. The number of thiophene rings is 1. The molecule has 108 valence electrons. The average Bonchev–Trinajstić information content (AvgIpc) is 3.00. The summed E-state index contributed by atoms with van der Waals surface area (Å²) in [6.07, 6.45) is 5.59. The molecule has 2 heterocycles. The largest absolute Gasteiger partial charge is 0.396 e. The summed E-state index contributed by atoms with van der Waals surface area (Å²) in [5.74, 6) is 2.08. The third-order valence-electron chi connectivity index (χ3n) is 3.35. The zero-order valence-corrected chi connectivity index (χ0v) is 13.0. The normalized spacial score (nSPS) is 14.8. The van der Waals surface area contributed by atoms with E-state index in [4.69, 9.17) is 5.11 Å². The number of aliphatic hydroxyl groups is 1. The standard InChI is InChI=1S/C14H19N3OS2/c18-8-2-1-3-9-20-14-16-15-13(12-5-4-10-19-12)17(14)11-6-7-11/h4-5,10-11,18H,1-3,6-9H2. The second-order valence-electron chi connectivity index (χ2n) is 5.02. The van der Waals surface area contributed by atoms with Crippen LogP contribution in [0.1, 0.15) is 38.1 Å². The maximum atomic E-state index is 8.78. The van der Waals surface area contributed by atoms with E-state index in [0.29, 0.717) is 12.6 Å². The molecule has 0 unspecified atom stereocenters. The molecule has 1 fully saturated rings. The fourth-order valence-corrected chi connectivity index (χ4v) is 3.87. The summed E-state index contributed by atoms with van der Waals surface area (Å²) in [5, 5.41) is 20.7. The molecule has 0 atom stereocenters. The van der Waals surface area contributed by atoms with Gasteiger partial charge in [-0.05, 0) is 37.1 Å². The molecule has 2 aromatic heterocycles. The zero-order chi connectivity index (χ0) is 13.8. The van der Waals surface area contributed by atoms with Gasteiger partial charge in [-0.2, -0.15) is 0 Å². The van der Waals surface area contributed by atoms with Crippen molar-refractivity contribution in [1.29, 1.82) is 0 Å². The summed E-state index contributed by atoms with van der Waals surface area (Å²) >= 11 is 3.52. The fourth-order valence-electron chi connectivity index (χ4n) is 2.17. The van der Waals surface area contributed by atoms with E-state index in [-0.39, 0.29) is 0 Å². The molecule has 1 N–H and O–H groups in total. The van der Waals surface area contributed by atoms with Gasteiger partial charge in [0.15, 0.2) is 11.0 Å². The summed E-state index contributed by atoms with van der Waals surface area (Å²) < 4.78 is 2.32. The molecule has 6 heteroatoms. The summed E-state index contributed by atoms with van der Waals surface area (Å²) in [4.78, 5) is 1.21. The van der Waals surface area contributed by atoms with Gasteiger partial charge in [-0.15, -0.1) is 21.5 Å². The van der Waals surface area contributed by atoms with Crippen molar-refractivity contribution in [2.75, 3.05) is 12.4 Å². The van der Waals surface area contributed by atoms with E-state index in [0.717, 1.165) is 36.0 Å². The van der Waals surface area contributed by atoms with Gasteiger partial charge in [-0.25, -0.2) is 0 Å². The predicted octanol–water partition coefficient (Wildman–Crippen LogP) is 3.60. The summed E-state index contributed by atoms with van der Waals surface area (Å²) in [7, 11) is 0. The van der Waals surface area contributed by atoms with Crippen LogP contribution in [0.5, 0.6) is 0 Å². The second-order valence-corrected chi connectivity index (χ2v) is 7.03. The third-order valence-corrected chi connectivity index (χ3v) is 5.25. The Labute approximate surface area is 127 Å². The van der Waals surface area contributed by atoms with Crippen LogP contribution in [0.25, 0.3) is 10.7 Å². The SMILES string of the molecule is OCCCCCSc1nnc(-c2cccs2)n1C1CC1. The van der Waals surface area contributed by atoms with Crippen molar-refractivity contribution in [2.24, 2.45) is 0 Å². The Bertz CT molecular complexity index is 535. The van der Waals surface area contributed by atoms with Gasteiger partial charge < -0.3 is 5.11 Å². The molecule has 0 amide bonds. The number of thioether (sulfide) groups is 1. The van der Waals surface area contributed by atoms with Crippen LogP contribution in [-0.2, 0) is 0 Å². The molecule has 4 nitrogen and oxygen atoms in total. The minimum absolute atomic E-state index is 0.297. The number of unbranched alkanes of at least 4 members (excludes halogenated alkanes) is 2. The maximum absolute atomic E-state index is 8.78. The van der Waals surface area contributed by atoms with Gasteiger partial charge in [-0.3, -0.25) is 4.57 Å². The van der Waals surface area contributed by atoms with Gasteiger partial charge in [-0.1, -0.05) is 24.2 Å². The van der Waals surface area contributed by atoms with Gasteiger partial charge in [0.05, 0.1) is 4.88 Å². The lowest BCUT2D eigenvalue weighted by atomic mass is 10.3. The number of rotatable bonds is 8. The maximum Gasteiger partial charge on any atom is 0.191 e. The van der Waals surface area contributed by atoms with Crippen LogP contribution in [0.15, 0.2) is 22.7 Å². The van der Waals surface area contributed by atoms with Crippen LogP contribution in [0.4, 0.5) is 0 Å². The molecule has 3 rings (SSSR count). The molecular weight excluding hydrogens is 290 g/mol. The van der Waals surface area contributed by atoms with Crippen LogP contribution in [0, 0.1) is 0 Å². The quantitative estimate of drug-likeness (QED) is 0.598. The van der Waals surface area contributed by atoms with Gasteiger partial charge in [0.2, 0.25) is 0 Å². The minimum atomic E-state index is 0.297. The van der Waals surface area contributed by atoms with E-state index in [9.17, 15) is 0 Å². The number of hydrogen-bond acceptors (Lipinski definition) is 5. The molecule has 1 aliphatic rings. The van der Waals surface area contributed by atoms with Crippen molar-refractivity contribution in [3.05, 3.63) is 17.5 Å². The first-order chi connectivity index (χ1) is 9.90. The lowest BCUT2D eigenvalue weighted by Crippen LogP contribution is -1.99. The number of aromatic nitrogens is 3. The zero-order valence-electron chi connectivity index (χ0n) is 11.4. The number of aliphatic hydroxyl groups excluding tert-OH is 1. The molecule has 0 spiro atoms. The smallest absolute Gasteiger partial charge is 0.191 e. The molecular formula is C14H19N3OS2. The summed E-state index contributed by atoms with van der Waals surface area (Å²) in [6, 6.07) is 4.78. The molecule has 20 heavy (non-hydrogen) atoms. The van der Waals surface area contributed by atoms with E-state index in [2.05, 4.69) is 32.3 Å². The summed E-state index contributed by atoms with van der Waals surface area (Å²) in [6.45, 7) is 0.297. The molecule has 2 aromatic rings. The first-order valence-electron chi connectivity index (χ1n) is 7.12. The van der Waals surface area contributed by atoms with Crippen molar-refractivity contribution in [2.45, 2.75) is 43.3 Å². The predicted molar refractivity (Wildman–Crippen MR) is 83.3 cm³/mol.